The van der Waals surface area contributed by atoms with Crippen LogP contribution >= 0.6 is 0 Å². The Bertz CT molecular complexity index is 1750. The second kappa shape index (κ2) is 13.1. The number of alkyl halides is 3. The van der Waals surface area contributed by atoms with E-state index in [1.807, 2.05) is 54.6 Å². The summed E-state index contributed by atoms with van der Waals surface area (Å²) in [6.45, 7) is 0.307. The molecule has 7 rings (SSSR count). The second-order valence-electron chi connectivity index (χ2n) is 12.7. The molecule has 2 heterocycles. The maximum Gasteiger partial charge on any atom is 0.405 e. The van der Waals surface area contributed by atoms with Crippen LogP contribution in [-0.4, -0.2) is 49.3 Å². The van der Waals surface area contributed by atoms with E-state index in [0.717, 1.165) is 42.7 Å². The molecule has 2 aliphatic carbocycles. The van der Waals surface area contributed by atoms with Crippen LogP contribution in [0.5, 0.6) is 5.88 Å². The highest BCUT2D eigenvalue weighted by molar-refractivity contribution is 6.05. The maximum absolute atomic E-state index is 13.7. The molecule has 2 atom stereocenters. The van der Waals surface area contributed by atoms with E-state index in [9.17, 15) is 22.8 Å². The van der Waals surface area contributed by atoms with Crippen molar-refractivity contribution in [3.05, 3.63) is 113 Å². The number of halogens is 3. The van der Waals surface area contributed by atoms with Crippen LogP contribution in [0.25, 0.3) is 11.1 Å². The van der Waals surface area contributed by atoms with Crippen molar-refractivity contribution in [1.29, 1.82) is 0 Å². The van der Waals surface area contributed by atoms with Gasteiger partial charge in [-0.1, -0.05) is 66.7 Å². The predicted molar refractivity (Wildman–Crippen MR) is 175 cm³/mol. The molecule has 0 spiro atoms. The van der Waals surface area contributed by atoms with E-state index in [1.165, 1.54) is 6.20 Å². The molecule has 3 aliphatic rings. The van der Waals surface area contributed by atoms with Crippen LogP contribution in [0.1, 0.15) is 58.6 Å². The minimum atomic E-state index is -4.54. The van der Waals surface area contributed by atoms with Crippen LogP contribution in [-0.2, 0) is 14.9 Å². The molecule has 1 saturated carbocycles. The van der Waals surface area contributed by atoms with E-state index in [-0.39, 0.29) is 18.9 Å². The molecule has 2 N–H and O–H groups in total. The number of aromatic nitrogens is 1. The normalized spacial score (nSPS) is 20.4. The fourth-order valence-corrected chi connectivity index (χ4v) is 7.77. The van der Waals surface area contributed by atoms with Gasteiger partial charge in [-0.15, -0.1) is 0 Å². The molecule has 1 saturated heterocycles. The molecule has 248 valence electrons. The van der Waals surface area contributed by atoms with Crippen LogP contribution in [0.4, 0.5) is 18.9 Å². The Kier molecular flexibility index (Phi) is 8.68. The number of ether oxygens (including phenoxy) is 2. The highest BCUT2D eigenvalue weighted by Gasteiger charge is 2.52. The fraction of sp³-hybridized carbons (Fsp3) is 0.342. The number of benzene rings is 3. The Morgan fingerprint density at radius 1 is 0.875 bits per heavy atom. The number of hydrogen-bond donors (Lipinski definition) is 2. The number of anilines is 1. The van der Waals surface area contributed by atoms with Gasteiger partial charge in [-0.05, 0) is 83.4 Å². The van der Waals surface area contributed by atoms with Gasteiger partial charge in [0.05, 0.1) is 18.5 Å². The summed E-state index contributed by atoms with van der Waals surface area (Å²) in [5, 5.41) is 5.11. The van der Waals surface area contributed by atoms with Gasteiger partial charge in [0, 0.05) is 24.8 Å². The number of pyridine rings is 1. The van der Waals surface area contributed by atoms with E-state index < -0.39 is 24.0 Å². The molecule has 2 amide bonds. The molecular weight excluding hydrogens is 619 g/mol. The van der Waals surface area contributed by atoms with Crippen LogP contribution in [0.15, 0.2) is 91.1 Å². The van der Waals surface area contributed by atoms with Crippen molar-refractivity contribution in [3.8, 4) is 17.0 Å². The summed E-state index contributed by atoms with van der Waals surface area (Å²) in [5.74, 6) is 0.943. The zero-order valence-corrected chi connectivity index (χ0v) is 26.3. The number of nitrogens with one attached hydrogen (secondary N) is 2. The number of rotatable bonds is 10. The van der Waals surface area contributed by atoms with Crippen molar-refractivity contribution in [2.75, 3.05) is 31.7 Å². The van der Waals surface area contributed by atoms with E-state index in [1.54, 1.807) is 24.3 Å². The van der Waals surface area contributed by atoms with E-state index in [0.29, 0.717) is 52.4 Å². The Hall–Kier alpha value is -4.70. The zero-order valence-electron chi connectivity index (χ0n) is 26.3. The zero-order chi connectivity index (χ0) is 33.3. The SMILES string of the molecule is O=C(Nc1ccc(OCCCC2(C(=O)NCC(F)(F)F)c3ccccc3-c3ccccc32)nc1)c1ccccc1C1C2CCOCCC21. The monoisotopic (exact) mass is 655 g/mol. The van der Waals surface area contributed by atoms with Gasteiger partial charge in [-0.3, -0.25) is 9.59 Å². The van der Waals surface area contributed by atoms with Gasteiger partial charge >= 0.3 is 6.18 Å². The fourth-order valence-electron chi connectivity index (χ4n) is 7.77. The van der Waals surface area contributed by atoms with Crippen LogP contribution in [0.3, 0.4) is 0 Å². The molecule has 0 bridgehead atoms. The lowest BCUT2D eigenvalue weighted by Crippen LogP contribution is -2.47. The van der Waals surface area contributed by atoms with Crippen molar-refractivity contribution in [2.24, 2.45) is 11.8 Å². The molecule has 0 radical (unpaired) electrons. The van der Waals surface area contributed by atoms with E-state index in [4.69, 9.17) is 9.47 Å². The first kappa shape index (κ1) is 31.9. The third kappa shape index (κ3) is 6.17. The number of carbonyl (C=O) groups is 2. The molecule has 1 aromatic heterocycles. The van der Waals surface area contributed by atoms with Gasteiger partial charge in [0.1, 0.15) is 12.0 Å². The molecule has 4 aromatic rings. The van der Waals surface area contributed by atoms with E-state index in [2.05, 4.69) is 21.7 Å². The molecule has 1 aliphatic heterocycles. The van der Waals surface area contributed by atoms with Crippen LogP contribution in [0, 0.1) is 11.8 Å². The third-order valence-corrected chi connectivity index (χ3v) is 9.93. The van der Waals surface area contributed by atoms with Gasteiger partial charge in [-0.2, -0.15) is 13.2 Å². The minimum Gasteiger partial charge on any atom is -0.478 e. The summed E-state index contributed by atoms with van der Waals surface area (Å²) in [7, 11) is 0. The number of hydrogen-bond acceptors (Lipinski definition) is 5. The standard InChI is InChI=1S/C38H36F3N3O4/c39-38(40,41)23-43-36(46)37(31-12-5-3-8-25(31)26-9-4-6-13-32(26)37)18-7-19-48-33-15-14-24(22-42-33)44-35(45)30-11-2-1-10-27(30)34-28-16-20-47-21-17-29(28)34/h1-6,8-15,22,28-29,34H,7,16-21,23H2,(H,43,46)(H,44,45). The van der Waals surface area contributed by atoms with Crippen molar-refractivity contribution in [1.82, 2.24) is 10.3 Å². The highest BCUT2D eigenvalue weighted by atomic mass is 19.4. The Balaban J connectivity index is 1.00. The minimum absolute atomic E-state index is 0.180. The molecule has 48 heavy (non-hydrogen) atoms. The quantitative estimate of drug-likeness (QED) is 0.175. The average Bonchev–Trinajstić information content (AvgIpc) is 3.77. The molecular formula is C38H36F3N3O4. The summed E-state index contributed by atoms with van der Waals surface area (Å²) in [5.41, 5.74) is 3.99. The first-order valence-corrected chi connectivity index (χ1v) is 16.4. The molecule has 2 fully saturated rings. The average molecular weight is 656 g/mol. The third-order valence-electron chi connectivity index (χ3n) is 9.93. The van der Waals surface area contributed by atoms with Gasteiger partial charge in [0.2, 0.25) is 11.8 Å². The number of nitrogens with zero attached hydrogens (tertiary/aromatic N) is 1. The van der Waals surface area contributed by atoms with Gasteiger partial charge in [0.15, 0.2) is 0 Å². The predicted octanol–water partition coefficient (Wildman–Crippen LogP) is 7.28. The first-order chi connectivity index (χ1) is 23.3. The summed E-state index contributed by atoms with van der Waals surface area (Å²) in [4.78, 5) is 31.4. The van der Waals surface area contributed by atoms with Crippen molar-refractivity contribution in [3.63, 3.8) is 0 Å². The van der Waals surface area contributed by atoms with Gasteiger partial charge in [-0.25, -0.2) is 4.98 Å². The Labute approximate surface area is 276 Å². The number of carbonyl (C=O) groups excluding carboxylic acids is 2. The van der Waals surface area contributed by atoms with Gasteiger partial charge < -0.3 is 20.1 Å². The summed E-state index contributed by atoms with van der Waals surface area (Å²) in [6.07, 6.45) is -0.373. The van der Waals surface area contributed by atoms with Crippen molar-refractivity contribution >= 4 is 17.5 Å². The largest absolute Gasteiger partial charge is 0.478 e. The number of amides is 2. The van der Waals surface area contributed by atoms with Crippen molar-refractivity contribution in [2.45, 2.75) is 43.2 Å². The lowest BCUT2D eigenvalue weighted by atomic mass is 9.73. The van der Waals surface area contributed by atoms with Crippen LogP contribution < -0.4 is 15.4 Å². The lowest BCUT2D eigenvalue weighted by molar-refractivity contribution is -0.141. The Morgan fingerprint density at radius 3 is 2.17 bits per heavy atom. The lowest BCUT2D eigenvalue weighted by Gasteiger charge is -2.31. The molecule has 10 heteroatoms. The maximum atomic E-state index is 13.7. The smallest absolute Gasteiger partial charge is 0.405 e. The Morgan fingerprint density at radius 2 is 1.52 bits per heavy atom. The van der Waals surface area contributed by atoms with E-state index >= 15 is 0 Å². The number of fused-ring (bicyclic) bond motifs is 4. The van der Waals surface area contributed by atoms with Crippen LogP contribution in [0.2, 0.25) is 0 Å². The molecule has 2 unspecified atom stereocenters. The summed E-state index contributed by atoms with van der Waals surface area (Å²) >= 11 is 0. The molecule has 3 aromatic carbocycles. The van der Waals surface area contributed by atoms with Gasteiger partial charge in [0.25, 0.3) is 5.91 Å². The first-order valence-electron chi connectivity index (χ1n) is 16.4. The second-order valence-corrected chi connectivity index (χ2v) is 12.7. The summed E-state index contributed by atoms with van der Waals surface area (Å²) in [6, 6.07) is 25.9. The highest BCUT2D eigenvalue weighted by Crippen LogP contribution is 2.59. The topological polar surface area (TPSA) is 89.5 Å². The summed E-state index contributed by atoms with van der Waals surface area (Å²) < 4.78 is 51.0. The van der Waals surface area contributed by atoms with Crippen molar-refractivity contribution < 1.29 is 32.2 Å². The molecule has 7 nitrogen and oxygen atoms in total.